The molecule has 2 N–H and O–H groups in total. The molecule has 0 radical (unpaired) electrons. The molecule has 0 amide bonds. The zero-order valence-corrected chi connectivity index (χ0v) is 11.1. The summed E-state index contributed by atoms with van der Waals surface area (Å²) in [4.78, 5) is 22.3. The van der Waals surface area contributed by atoms with E-state index in [1.807, 2.05) is 24.3 Å². The summed E-state index contributed by atoms with van der Waals surface area (Å²) in [5.74, 6) is -0.273. The van der Waals surface area contributed by atoms with Crippen LogP contribution in [0.4, 0.5) is 0 Å². The minimum absolute atomic E-state index is 0.138. The van der Waals surface area contributed by atoms with E-state index in [2.05, 4.69) is 15.0 Å². The van der Waals surface area contributed by atoms with E-state index < -0.39 is 5.97 Å². The average molecular weight is 288 g/mol. The Labute approximate surface area is 119 Å². The van der Waals surface area contributed by atoms with E-state index in [0.29, 0.717) is 22.6 Å². The Hall–Kier alpha value is -2.40. The molecule has 0 bridgehead atoms. The number of benzene rings is 1. The Balaban J connectivity index is 1.92. The molecule has 1 aromatic carbocycles. The summed E-state index contributed by atoms with van der Waals surface area (Å²) >= 11 is 5.84. The van der Waals surface area contributed by atoms with E-state index in [1.165, 1.54) is 12.3 Å². The minimum Gasteiger partial charge on any atom is -0.478 e. The number of carboxylic acid groups (broad SMARTS) is 1. The number of nitrogens with one attached hydrogen (secondary N) is 1. The zero-order chi connectivity index (χ0) is 14.1. The van der Waals surface area contributed by atoms with Crippen LogP contribution in [0.25, 0.3) is 11.2 Å². The number of fused-ring (bicyclic) bond motifs is 1. The molecular formula is C14H10ClN3O2. The molecule has 0 aliphatic rings. The van der Waals surface area contributed by atoms with Crippen LogP contribution >= 0.6 is 11.6 Å². The van der Waals surface area contributed by atoms with Gasteiger partial charge in [0, 0.05) is 17.6 Å². The largest absolute Gasteiger partial charge is 0.478 e. The number of aromatic carboxylic acids is 1. The molecule has 0 unspecified atom stereocenters. The summed E-state index contributed by atoms with van der Waals surface area (Å²) in [6, 6.07) is 9.01. The fourth-order valence-electron chi connectivity index (χ4n) is 1.95. The van der Waals surface area contributed by atoms with Gasteiger partial charge in [0.15, 0.2) is 5.65 Å². The first kappa shape index (κ1) is 12.6. The number of hydrogen-bond acceptors (Lipinski definition) is 3. The minimum atomic E-state index is -1.01. The van der Waals surface area contributed by atoms with Gasteiger partial charge in [-0.3, -0.25) is 0 Å². The molecule has 5 nitrogen and oxygen atoms in total. The Bertz CT molecular complexity index is 781. The van der Waals surface area contributed by atoms with Gasteiger partial charge in [-0.05, 0) is 23.8 Å². The second-order valence-electron chi connectivity index (χ2n) is 4.39. The van der Waals surface area contributed by atoms with Crippen molar-refractivity contribution in [2.45, 2.75) is 6.42 Å². The van der Waals surface area contributed by atoms with Crippen LogP contribution in [0.1, 0.15) is 21.7 Å². The third-order valence-electron chi connectivity index (χ3n) is 2.92. The quantitative estimate of drug-likeness (QED) is 0.776. The van der Waals surface area contributed by atoms with Gasteiger partial charge in [0.25, 0.3) is 0 Å². The molecule has 3 aromatic rings. The molecule has 2 heterocycles. The van der Waals surface area contributed by atoms with Gasteiger partial charge in [-0.15, -0.1) is 0 Å². The summed E-state index contributed by atoms with van der Waals surface area (Å²) in [6.45, 7) is 0. The van der Waals surface area contributed by atoms with E-state index >= 15 is 0 Å². The average Bonchev–Trinajstić information content (AvgIpc) is 2.82. The van der Waals surface area contributed by atoms with Gasteiger partial charge < -0.3 is 10.1 Å². The lowest BCUT2D eigenvalue weighted by molar-refractivity contribution is 0.0696. The maximum absolute atomic E-state index is 10.9. The van der Waals surface area contributed by atoms with E-state index in [0.717, 1.165) is 11.4 Å². The SMILES string of the molecule is O=C(O)c1cnc2nc(Cc3ccc(Cl)cc3)[nH]c2c1. The molecule has 6 heteroatoms. The first-order valence-electron chi connectivity index (χ1n) is 5.94. The van der Waals surface area contributed by atoms with Gasteiger partial charge in [0.05, 0.1) is 11.1 Å². The highest BCUT2D eigenvalue weighted by atomic mass is 35.5. The van der Waals surface area contributed by atoms with Crippen molar-refractivity contribution in [2.24, 2.45) is 0 Å². The van der Waals surface area contributed by atoms with Gasteiger partial charge in [0.1, 0.15) is 5.82 Å². The predicted octanol–water partition coefficient (Wildman–Crippen LogP) is 2.90. The Morgan fingerprint density at radius 1 is 1.30 bits per heavy atom. The molecule has 0 saturated carbocycles. The highest BCUT2D eigenvalue weighted by molar-refractivity contribution is 6.30. The molecule has 20 heavy (non-hydrogen) atoms. The molecule has 0 aliphatic heterocycles. The Kier molecular flexibility index (Phi) is 3.12. The summed E-state index contributed by atoms with van der Waals surface area (Å²) in [5.41, 5.74) is 2.33. The lowest BCUT2D eigenvalue weighted by Gasteiger charge is -1.97. The van der Waals surface area contributed by atoms with Crippen molar-refractivity contribution in [2.75, 3.05) is 0 Å². The van der Waals surface area contributed by atoms with Crippen LogP contribution in [0.3, 0.4) is 0 Å². The first-order valence-corrected chi connectivity index (χ1v) is 6.32. The molecule has 3 rings (SSSR count). The Morgan fingerprint density at radius 2 is 2.05 bits per heavy atom. The van der Waals surface area contributed by atoms with Crippen molar-refractivity contribution in [1.29, 1.82) is 0 Å². The molecule has 0 fully saturated rings. The summed E-state index contributed by atoms with van der Waals surface area (Å²) in [5, 5.41) is 9.61. The number of carboxylic acids is 1. The van der Waals surface area contributed by atoms with Crippen molar-refractivity contribution in [3.63, 3.8) is 0 Å². The fourth-order valence-corrected chi connectivity index (χ4v) is 2.07. The topological polar surface area (TPSA) is 78.9 Å². The summed E-state index contributed by atoms with van der Waals surface area (Å²) in [6.07, 6.45) is 1.91. The standard InChI is InChI=1S/C14H10ClN3O2/c15-10-3-1-8(2-4-10)5-12-17-11-6-9(14(19)20)7-16-13(11)18-12/h1-4,6-7H,5H2,(H,19,20)(H,16,17,18). The second kappa shape index (κ2) is 4.94. The summed E-state index contributed by atoms with van der Waals surface area (Å²) < 4.78 is 0. The number of pyridine rings is 1. The maximum atomic E-state index is 10.9. The molecule has 0 aliphatic carbocycles. The lowest BCUT2D eigenvalue weighted by Crippen LogP contribution is -1.96. The van der Waals surface area contributed by atoms with Gasteiger partial charge >= 0.3 is 5.97 Å². The fraction of sp³-hybridized carbons (Fsp3) is 0.0714. The van der Waals surface area contributed by atoms with E-state index in [9.17, 15) is 4.79 Å². The molecule has 0 atom stereocenters. The Morgan fingerprint density at radius 3 is 2.75 bits per heavy atom. The third-order valence-corrected chi connectivity index (χ3v) is 3.17. The van der Waals surface area contributed by atoms with Crippen molar-refractivity contribution < 1.29 is 9.90 Å². The predicted molar refractivity (Wildman–Crippen MR) is 75.1 cm³/mol. The van der Waals surface area contributed by atoms with Gasteiger partial charge in [-0.1, -0.05) is 23.7 Å². The van der Waals surface area contributed by atoms with Crippen molar-refractivity contribution >= 4 is 28.7 Å². The summed E-state index contributed by atoms with van der Waals surface area (Å²) in [7, 11) is 0. The van der Waals surface area contributed by atoms with Crippen molar-refractivity contribution in [3.8, 4) is 0 Å². The van der Waals surface area contributed by atoms with Gasteiger partial charge in [-0.25, -0.2) is 14.8 Å². The number of nitrogens with zero attached hydrogens (tertiary/aromatic N) is 2. The number of H-pyrrole nitrogens is 1. The van der Waals surface area contributed by atoms with Gasteiger partial charge in [-0.2, -0.15) is 0 Å². The lowest BCUT2D eigenvalue weighted by atomic mass is 10.1. The van der Waals surface area contributed by atoms with E-state index in [1.54, 1.807) is 0 Å². The number of rotatable bonds is 3. The number of halogens is 1. The van der Waals surface area contributed by atoms with Crippen LogP contribution < -0.4 is 0 Å². The molecule has 100 valence electrons. The highest BCUT2D eigenvalue weighted by Crippen LogP contribution is 2.15. The number of hydrogen-bond donors (Lipinski definition) is 2. The van der Waals surface area contributed by atoms with Crippen LogP contribution in [-0.4, -0.2) is 26.0 Å². The second-order valence-corrected chi connectivity index (χ2v) is 4.82. The van der Waals surface area contributed by atoms with Crippen LogP contribution in [-0.2, 0) is 6.42 Å². The smallest absolute Gasteiger partial charge is 0.337 e. The zero-order valence-electron chi connectivity index (χ0n) is 10.3. The van der Waals surface area contributed by atoms with Crippen LogP contribution in [0.15, 0.2) is 36.5 Å². The van der Waals surface area contributed by atoms with E-state index in [4.69, 9.17) is 16.7 Å². The molecule has 2 aromatic heterocycles. The van der Waals surface area contributed by atoms with E-state index in [-0.39, 0.29) is 5.56 Å². The van der Waals surface area contributed by atoms with Crippen LogP contribution in [0.5, 0.6) is 0 Å². The van der Waals surface area contributed by atoms with Crippen LogP contribution in [0.2, 0.25) is 5.02 Å². The first-order chi connectivity index (χ1) is 9.61. The number of aromatic nitrogens is 3. The van der Waals surface area contributed by atoms with Crippen molar-refractivity contribution in [3.05, 3.63) is 58.5 Å². The van der Waals surface area contributed by atoms with Crippen LogP contribution in [0, 0.1) is 0 Å². The molecule has 0 spiro atoms. The third kappa shape index (κ3) is 2.48. The number of aromatic amines is 1. The molecular weight excluding hydrogens is 278 g/mol. The highest BCUT2D eigenvalue weighted by Gasteiger charge is 2.09. The monoisotopic (exact) mass is 287 g/mol. The molecule has 0 saturated heterocycles. The van der Waals surface area contributed by atoms with Crippen molar-refractivity contribution in [1.82, 2.24) is 15.0 Å². The maximum Gasteiger partial charge on any atom is 0.337 e. The number of carbonyl (C=O) groups is 1. The normalized spacial score (nSPS) is 10.8. The number of imidazole rings is 1. The van der Waals surface area contributed by atoms with Gasteiger partial charge in [0.2, 0.25) is 0 Å².